The van der Waals surface area contributed by atoms with Crippen molar-refractivity contribution < 1.29 is 9.47 Å². The molecular formula is C17H20ClNO2. The summed E-state index contributed by atoms with van der Waals surface area (Å²) in [7, 11) is 0. The van der Waals surface area contributed by atoms with Crippen LogP contribution < -0.4 is 4.74 Å². The van der Waals surface area contributed by atoms with Crippen LogP contribution in [0.1, 0.15) is 6.42 Å². The second-order valence-corrected chi connectivity index (χ2v) is 5.71. The Bertz CT molecular complexity index is 596. The number of halogens is 1. The fourth-order valence-electron chi connectivity index (χ4n) is 2.64. The van der Waals surface area contributed by atoms with Crippen LogP contribution in [0, 0.1) is 0 Å². The summed E-state index contributed by atoms with van der Waals surface area (Å²) < 4.78 is 11.3. The van der Waals surface area contributed by atoms with Gasteiger partial charge in [-0.25, -0.2) is 0 Å². The molecule has 112 valence electrons. The van der Waals surface area contributed by atoms with Gasteiger partial charge >= 0.3 is 0 Å². The Hall–Kier alpha value is -1.29. The summed E-state index contributed by atoms with van der Waals surface area (Å²) in [5.74, 6) is 0.914. The molecule has 3 nitrogen and oxygen atoms in total. The van der Waals surface area contributed by atoms with Gasteiger partial charge in [-0.3, -0.25) is 4.90 Å². The van der Waals surface area contributed by atoms with E-state index in [9.17, 15) is 0 Å². The first kappa shape index (κ1) is 14.6. The van der Waals surface area contributed by atoms with Gasteiger partial charge in [0, 0.05) is 30.0 Å². The summed E-state index contributed by atoms with van der Waals surface area (Å²) in [4.78, 5) is 2.42. The molecule has 0 radical (unpaired) electrons. The van der Waals surface area contributed by atoms with E-state index >= 15 is 0 Å². The molecule has 2 aromatic rings. The first-order valence-electron chi connectivity index (χ1n) is 7.44. The van der Waals surface area contributed by atoms with Gasteiger partial charge in [-0.15, -0.1) is 0 Å². The summed E-state index contributed by atoms with van der Waals surface area (Å²) in [6, 6.07) is 12.0. The van der Waals surface area contributed by atoms with E-state index in [1.807, 2.05) is 30.3 Å². The molecule has 0 bridgehead atoms. The molecular weight excluding hydrogens is 286 g/mol. The van der Waals surface area contributed by atoms with Gasteiger partial charge in [0.15, 0.2) is 0 Å². The molecule has 0 atom stereocenters. The maximum Gasteiger partial charge on any atom is 0.127 e. The lowest BCUT2D eigenvalue weighted by Gasteiger charge is -2.26. The van der Waals surface area contributed by atoms with Gasteiger partial charge in [-0.05, 0) is 30.0 Å². The van der Waals surface area contributed by atoms with Crippen LogP contribution in [0.2, 0.25) is 5.02 Å². The number of rotatable bonds is 5. The van der Waals surface area contributed by atoms with Crippen LogP contribution in [0.5, 0.6) is 5.75 Å². The van der Waals surface area contributed by atoms with Crippen LogP contribution in [0.3, 0.4) is 0 Å². The highest BCUT2D eigenvalue weighted by Gasteiger charge is 2.09. The minimum absolute atomic E-state index is 0.725. The lowest BCUT2D eigenvalue weighted by Crippen LogP contribution is -2.37. The molecule has 0 unspecified atom stereocenters. The van der Waals surface area contributed by atoms with E-state index < -0.39 is 0 Å². The number of morpholine rings is 1. The third-order valence-corrected chi connectivity index (χ3v) is 4.02. The molecule has 1 aliphatic heterocycles. The van der Waals surface area contributed by atoms with E-state index in [0.29, 0.717) is 0 Å². The van der Waals surface area contributed by atoms with E-state index in [4.69, 9.17) is 21.1 Å². The van der Waals surface area contributed by atoms with Gasteiger partial charge in [0.1, 0.15) is 5.75 Å². The molecule has 0 aliphatic carbocycles. The summed E-state index contributed by atoms with van der Waals surface area (Å²) in [5, 5.41) is 2.98. The highest BCUT2D eigenvalue weighted by molar-refractivity contribution is 6.31. The van der Waals surface area contributed by atoms with Gasteiger partial charge in [-0.2, -0.15) is 0 Å². The Kier molecular flexibility index (Phi) is 4.96. The largest absolute Gasteiger partial charge is 0.493 e. The second kappa shape index (κ2) is 7.12. The van der Waals surface area contributed by atoms with Crippen molar-refractivity contribution in [2.24, 2.45) is 0 Å². The highest BCUT2D eigenvalue weighted by atomic mass is 35.5. The van der Waals surface area contributed by atoms with Gasteiger partial charge in [0.2, 0.25) is 0 Å². The quantitative estimate of drug-likeness (QED) is 0.788. The molecule has 0 spiro atoms. The molecule has 1 aliphatic rings. The zero-order valence-corrected chi connectivity index (χ0v) is 12.8. The molecule has 2 aromatic carbocycles. The Morgan fingerprint density at radius 3 is 2.86 bits per heavy atom. The van der Waals surface area contributed by atoms with Crippen LogP contribution in [-0.2, 0) is 4.74 Å². The molecule has 4 heteroatoms. The lowest BCUT2D eigenvalue weighted by atomic mass is 10.1. The van der Waals surface area contributed by atoms with Crippen molar-refractivity contribution in [2.75, 3.05) is 39.5 Å². The predicted molar refractivity (Wildman–Crippen MR) is 86.3 cm³/mol. The number of ether oxygens (including phenoxy) is 2. The summed E-state index contributed by atoms with van der Waals surface area (Å²) in [6.07, 6.45) is 1.02. The average Bonchev–Trinajstić information content (AvgIpc) is 2.53. The van der Waals surface area contributed by atoms with Gasteiger partial charge in [0.25, 0.3) is 0 Å². The molecule has 21 heavy (non-hydrogen) atoms. The maximum absolute atomic E-state index is 6.08. The summed E-state index contributed by atoms with van der Waals surface area (Å²) in [5.41, 5.74) is 0. The minimum Gasteiger partial charge on any atom is -0.493 e. The maximum atomic E-state index is 6.08. The first-order valence-corrected chi connectivity index (χ1v) is 7.82. The predicted octanol–water partition coefficient (Wildman–Crippen LogP) is 3.59. The minimum atomic E-state index is 0.725. The molecule has 0 aromatic heterocycles. The Morgan fingerprint density at radius 2 is 2.00 bits per heavy atom. The zero-order valence-electron chi connectivity index (χ0n) is 12.1. The van der Waals surface area contributed by atoms with Gasteiger partial charge in [0.05, 0.1) is 19.8 Å². The second-order valence-electron chi connectivity index (χ2n) is 5.28. The number of nitrogens with zero attached hydrogens (tertiary/aromatic N) is 1. The van der Waals surface area contributed by atoms with Crippen molar-refractivity contribution in [3.05, 3.63) is 41.4 Å². The highest BCUT2D eigenvalue weighted by Crippen LogP contribution is 2.28. The Labute approximate surface area is 130 Å². The van der Waals surface area contributed by atoms with Crippen molar-refractivity contribution in [3.8, 4) is 5.75 Å². The Balaban J connectivity index is 1.56. The van der Waals surface area contributed by atoms with Gasteiger partial charge in [-0.1, -0.05) is 29.8 Å². The van der Waals surface area contributed by atoms with Crippen molar-refractivity contribution in [2.45, 2.75) is 6.42 Å². The van der Waals surface area contributed by atoms with Gasteiger partial charge < -0.3 is 9.47 Å². The SMILES string of the molecule is Clc1ccc2cccc(OCCCN3CCOCC3)c2c1. The van der Waals surface area contributed by atoms with E-state index in [2.05, 4.69) is 11.0 Å². The smallest absolute Gasteiger partial charge is 0.127 e. The lowest BCUT2D eigenvalue weighted by molar-refractivity contribution is 0.0358. The van der Waals surface area contributed by atoms with Crippen molar-refractivity contribution in [1.82, 2.24) is 4.90 Å². The molecule has 3 rings (SSSR count). The van der Waals surface area contributed by atoms with E-state index in [1.165, 1.54) is 0 Å². The first-order chi connectivity index (χ1) is 10.3. The van der Waals surface area contributed by atoms with E-state index in [-0.39, 0.29) is 0 Å². The van der Waals surface area contributed by atoms with E-state index in [0.717, 1.165) is 67.4 Å². The number of benzene rings is 2. The molecule has 1 heterocycles. The Morgan fingerprint density at radius 1 is 1.14 bits per heavy atom. The number of fused-ring (bicyclic) bond motifs is 1. The van der Waals surface area contributed by atoms with Crippen molar-refractivity contribution >= 4 is 22.4 Å². The summed E-state index contributed by atoms with van der Waals surface area (Å²) in [6.45, 7) is 5.55. The number of hydrogen-bond donors (Lipinski definition) is 0. The van der Waals surface area contributed by atoms with Crippen molar-refractivity contribution in [3.63, 3.8) is 0 Å². The van der Waals surface area contributed by atoms with Crippen LogP contribution in [0.4, 0.5) is 0 Å². The normalized spacial score (nSPS) is 16.2. The topological polar surface area (TPSA) is 21.7 Å². The van der Waals surface area contributed by atoms with Crippen molar-refractivity contribution in [1.29, 1.82) is 0 Å². The van der Waals surface area contributed by atoms with Crippen LogP contribution in [-0.4, -0.2) is 44.4 Å². The fourth-order valence-corrected chi connectivity index (χ4v) is 2.81. The molecule has 1 fully saturated rings. The third kappa shape index (κ3) is 3.88. The molecule has 0 saturated carbocycles. The molecule has 0 amide bonds. The van der Waals surface area contributed by atoms with Crippen LogP contribution >= 0.6 is 11.6 Å². The molecule has 0 N–H and O–H groups in total. The monoisotopic (exact) mass is 305 g/mol. The third-order valence-electron chi connectivity index (χ3n) is 3.78. The van der Waals surface area contributed by atoms with E-state index in [1.54, 1.807) is 0 Å². The fraction of sp³-hybridized carbons (Fsp3) is 0.412. The number of hydrogen-bond acceptors (Lipinski definition) is 3. The average molecular weight is 306 g/mol. The standard InChI is InChI=1S/C17H20ClNO2/c18-15-6-5-14-3-1-4-17(16(14)13-15)21-10-2-7-19-8-11-20-12-9-19/h1,3-6,13H,2,7-12H2. The zero-order chi connectivity index (χ0) is 14.5. The van der Waals surface area contributed by atoms with Crippen LogP contribution in [0.25, 0.3) is 10.8 Å². The summed E-state index contributed by atoms with van der Waals surface area (Å²) >= 11 is 6.08. The van der Waals surface area contributed by atoms with Crippen LogP contribution in [0.15, 0.2) is 36.4 Å². The molecule has 1 saturated heterocycles.